The highest BCUT2D eigenvalue weighted by atomic mass is 35.5. The SMILES string of the molecule is CN(C)CC(O)CNC=O.Cl. The Morgan fingerprint density at radius 2 is 2.18 bits per heavy atom. The van der Waals surface area contributed by atoms with E-state index in [1.165, 1.54) is 0 Å². The molecule has 0 aliphatic rings. The number of nitrogens with zero attached hydrogens (tertiary/aromatic N) is 1. The van der Waals surface area contributed by atoms with Crippen LogP contribution in [0.3, 0.4) is 0 Å². The summed E-state index contributed by atoms with van der Waals surface area (Å²) in [5.41, 5.74) is 0. The molecule has 0 aliphatic carbocycles. The zero-order valence-electron chi connectivity index (χ0n) is 6.78. The zero-order chi connectivity index (χ0) is 7.98. The Bertz CT molecular complexity index is 101. The molecule has 68 valence electrons. The Kier molecular flexibility index (Phi) is 9.40. The molecular formula is C6H15ClN2O2. The van der Waals surface area contributed by atoms with Gasteiger partial charge >= 0.3 is 0 Å². The van der Waals surface area contributed by atoms with E-state index in [1.54, 1.807) is 0 Å². The molecule has 0 saturated heterocycles. The van der Waals surface area contributed by atoms with Gasteiger partial charge in [0.25, 0.3) is 0 Å². The molecule has 0 aliphatic heterocycles. The first kappa shape index (κ1) is 13.3. The molecule has 0 aromatic carbocycles. The number of hydrogen-bond donors (Lipinski definition) is 2. The van der Waals surface area contributed by atoms with Crippen LogP contribution in [0.2, 0.25) is 0 Å². The van der Waals surface area contributed by atoms with E-state index in [9.17, 15) is 4.79 Å². The minimum absolute atomic E-state index is 0. The monoisotopic (exact) mass is 182 g/mol. The maximum atomic E-state index is 9.76. The van der Waals surface area contributed by atoms with E-state index < -0.39 is 6.10 Å². The molecular weight excluding hydrogens is 168 g/mol. The lowest BCUT2D eigenvalue weighted by atomic mass is 10.3. The smallest absolute Gasteiger partial charge is 0.207 e. The number of carbonyl (C=O) groups is 1. The zero-order valence-corrected chi connectivity index (χ0v) is 7.60. The maximum Gasteiger partial charge on any atom is 0.207 e. The van der Waals surface area contributed by atoms with E-state index in [2.05, 4.69) is 5.32 Å². The highest BCUT2D eigenvalue weighted by molar-refractivity contribution is 5.85. The van der Waals surface area contributed by atoms with Gasteiger partial charge in [0.15, 0.2) is 0 Å². The molecule has 11 heavy (non-hydrogen) atoms. The summed E-state index contributed by atoms with van der Waals surface area (Å²) < 4.78 is 0. The normalized spacial score (nSPS) is 12.0. The number of hydrogen-bond acceptors (Lipinski definition) is 3. The Hall–Kier alpha value is -0.320. The van der Waals surface area contributed by atoms with E-state index in [-0.39, 0.29) is 12.4 Å². The topological polar surface area (TPSA) is 52.6 Å². The van der Waals surface area contributed by atoms with Crippen LogP contribution in [0.4, 0.5) is 0 Å². The van der Waals surface area contributed by atoms with Crippen LogP contribution in [0, 0.1) is 0 Å². The number of amides is 1. The molecule has 0 rings (SSSR count). The number of nitrogens with one attached hydrogen (secondary N) is 1. The van der Waals surface area contributed by atoms with Gasteiger partial charge in [0.2, 0.25) is 6.41 Å². The van der Waals surface area contributed by atoms with Gasteiger partial charge in [0, 0.05) is 13.1 Å². The predicted octanol–water partition coefficient (Wildman–Crippen LogP) is -0.923. The summed E-state index contributed by atoms with van der Waals surface area (Å²) >= 11 is 0. The summed E-state index contributed by atoms with van der Waals surface area (Å²) in [4.78, 5) is 11.6. The first-order chi connectivity index (χ1) is 4.66. The van der Waals surface area contributed by atoms with E-state index in [1.807, 2.05) is 19.0 Å². The molecule has 2 N–H and O–H groups in total. The Labute approximate surface area is 73.0 Å². The van der Waals surface area contributed by atoms with Crippen molar-refractivity contribution in [3.05, 3.63) is 0 Å². The second kappa shape index (κ2) is 7.78. The van der Waals surface area contributed by atoms with E-state index >= 15 is 0 Å². The molecule has 0 aromatic rings. The number of aliphatic hydroxyl groups excluding tert-OH is 1. The summed E-state index contributed by atoms with van der Waals surface area (Å²) in [6.07, 6.45) is 0.110. The fourth-order valence-corrected chi connectivity index (χ4v) is 0.670. The number of aliphatic hydroxyl groups is 1. The van der Waals surface area contributed by atoms with Gasteiger partial charge in [-0.15, -0.1) is 12.4 Å². The minimum atomic E-state index is -0.472. The van der Waals surface area contributed by atoms with Crippen molar-refractivity contribution >= 4 is 18.8 Å². The second-order valence-corrected chi connectivity index (χ2v) is 2.44. The van der Waals surface area contributed by atoms with Gasteiger partial charge in [-0.1, -0.05) is 0 Å². The highest BCUT2D eigenvalue weighted by Gasteiger charge is 2.02. The largest absolute Gasteiger partial charge is 0.390 e. The lowest BCUT2D eigenvalue weighted by molar-refractivity contribution is -0.110. The molecule has 0 radical (unpaired) electrons. The number of likely N-dealkylation sites (N-methyl/N-ethyl adjacent to an activating group) is 1. The van der Waals surface area contributed by atoms with Gasteiger partial charge in [0.1, 0.15) is 0 Å². The van der Waals surface area contributed by atoms with Gasteiger partial charge in [-0.2, -0.15) is 0 Å². The van der Waals surface area contributed by atoms with Crippen molar-refractivity contribution in [1.29, 1.82) is 0 Å². The van der Waals surface area contributed by atoms with Crippen molar-refractivity contribution in [1.82, 2.24) is 10.2 Å². The lowest BCUT2D eigenvalue weighted by Gasteiger charge is -2.14. The van der Waals surface area contributed by atoms with Crippen LogP contribution < -0.4 is 5.32 Å². The summed E-state index contributed by atoms with van der Waals surface area (Å²) in [5, 5.41) is 11.5. The first-order valence-electron chi connectivity index (χ1n) is 3.16. The minimum Gasteiger partial charge on any atom is -0.390 e. The van der Waals surface area contributed by atoms with Crippen LogP contribution in [-0.4, -0.2) is 49.7 Å². The summed E-state index contributed by atoms with van der Waals surface area (Å²) in [6.45, 7) is 0.891. The third kappa shape index (κ3) is 9.68. The van der Waals surface area contributed by atoms with Crippen LogP contribution in [0.15, 0.2) is 0 Å². The Morgan fingerprint density at radius 1 is 1.64 bits per heavy atom. The third-order valence-electron chi connectivity index (χ3n) is 1.01. The molecule has 0 fully saturated rings. The number of halogens is 1. The van der Waals surface area contributed by atoms with Crippen LogP contribution in [-0.2, 0) is 4.79 Å². The van der Waals surface area contributed by atoms with Gasteiger partial charge in [-0.3, -0.25) is 4.79 Å². The second-order valence-electron chi connectivity index (χ2n) is 2.44. The summed E-state index contributed by atoms with van der Waals surface area (Å²) in [7, 11) is 3.73. The lowest BCUT2D eigenvalue weighted by Crippen LogP contribution is -2.34. The number of carbonyl (C=O) groups excluding carboxylic acids is 1. The molecule has 0 aromatic heterocycles. The summed E-state index contributed by atoms with van der Waals surface area (Å²) in [6, 6.07) is 0. The summed E-state index contributed by atoms with van der Waals surface area (Å²) in [5.74, 6) is 0. The van der Waals surface area contributed by atoms with Crippen molar-refractivity contribution in [3.63, 3.8) is 0 Å². The van der Waals surface area contributed by atoms with Crippen molar-refractivity contribution in [2.24, 2.45) is 0 Å². The van der Waals surface area contributed by atoms with Gasteiger partial charge in [0.05, 0.1) is 6.10 Å². The van der Waals surface area contributed by atoms with E-state index in [0.29, 0.717) is 19.5 Å². The molecule has 5 heteroatoms. The predicted molar refractivity (Wildman–Crippen MR) is 45.9 cm³/mol. The van der Waals surface area contributed by atoms with E-state index in [0.717, 1.165) is 0 Å². The Morgan fingerprint density at radius 3 is 2.55 bits per heavy atom. The van der Waals surface area contributed by atoms with Crippen molar-refractivity contribution in [3.8, 4) is 0 Å². The quantitative estimate of drug-likeness (QED) is 0.541. The molecule has 1 unspecified atom stereocenters. The average Bonchev–Trinajstić information content (AvgIpc) is 1.82. The maximum absolute atomic E-state index is 9.76. The fourth-order valence-electron chi connectivity index (χ4n) is 0.670. The standard InChI is InChI=1S/C6H14N2O2.ClH/c1-8(2)4-6(10)3-7-5-9;/h5-6,10H,3-4H2,1-2H3,(H,7,9);1H. The van der Waals surface area contributed by atoms with E-state index in [4.69, 9.17) is 5.11 Å². The van der Waals surface area contributed by atoms with Gasteiger partial charge in [-0.25, -0.2) is 0 Å². The molecule has 4 nitrogen and oxygen atoms in total. The molecule has 0 bridgehead atoms. The van der Waals surface area contributed by atoms with Crippen LogP contribution in [0.1, 0.15) is 0 Å². The first-order valence-corrected chi connectivity index (χ1v) is 3.16. The average molecular weight is 183 g/mol. The molecule has 0 heterocycles. The number of rotatable bonds is 5. The van der Waals surface area contributed by atoms with Crippen molar-refractivity contribution in [2.45, 2.75) is 6.10 Å². The van der Waals surface area contributed by atoms with Crippen molar-refractivity contribution < 1.29 is 9.90 Å². The van der Waals surface area contributed by atoms with Gasteiger partial charge < -0.3 is 15.3 Å². The molecule has 1 atom stereocenters. The van der Waals surface area contributed by atoms with Crippen LogP contribution in [0.25, 0.3) is 0 Å². The molecule has 0 spiro atoms. The fraction of sp³-hybridized carbons (Fsp3) is 0.833. The van der Waals surface area contributed by atoms with Crippen LogP contribution >= 0.6 is 12.4 Å². The Balaban J connectivity index is 0. The van der Waals surface area contributed by atoms with Crippen LogP contribution in [0.5, 0.6) is 0 Å². The molecule has 0 saturated carbocycles. The molecule has 1 amide bonds. The third-order valence-corrected chi connectivity index (χ3v) is 1.01. The van der Waals surface area contributed by atoms with Gasteiger partial charge in [-0.05, 0) is 14.1 Å². The highest BCUT2D eigenvalue weighted by Crippen LogP contribution is 1.82. The van der Waals surface area contributed by atoms with Crippen molar-refractivity contribution in [2.75, 3.05) is 27.2 Å².